The van der Waals surface area contributed by atoms with Gasteiger partial charge in [-0.2, -0.15) is 10.5 Å². The minimum Gasteiger partial charge on any atom is -0.366 e. The molecule has 0 aliphatic heterocycles. The summed E-state index contributed by atoms with van der Waals surface area (Å²) in [6, 6.07) is 14.9. The molecular formula is C14H10N4. The summed E-state index contributed by atoms with van der Waals surface area (Å²) in [5.41, 5.74) is 2.26. The summed E-state index contributed by atoms with van der Waals surface area (Å²) in [7, 11) is 0. The van der Waals surface area contributed by atoms with E-state index in [0.29, 0.717) is 17.7 Å². The van der Waals surface area contributed by atoms with Crippen LogP contribution >= 0.6 is 0 Å². The van der Waals surface area contributed by atoms with Crippen LogP contribution in [0.4, 0.5) is 5.82 Å². The fourth-order valence-electron chi connectivity index (χ4n) is 1.45. The van der Waals surface area contributed by atoms with E-state index in [1.54, 1.807) is 24.3 Å². The van der Waals surface area contributed by atoms with E-state index in [0.717, 1.165) is 11.4 Å². The quantitative estimate of drug-likeness (QED) is 0.885. The zero-order valence-corrected chi connectivity index (χ0v) is 9.59. The maximum absolute atomic E-state index is 8.68. The van der Waals surface area contributed by atoms with Crippen LogP contribution in [0.3, 0.4) is 0 Å². The maximum Gasteiger partial charge on any atom is 0.126 e. The van der Waals surface area contributed by atoms with Gasteiger partial charge in [-0.15, -0.1) is 0 Å². The van der Waals surface area contributed by atoms with Crippen molar-refractivity contribution in [2.45, 2.75) is 6.54 Å². The van der Waals surface area contributed by atoms with Gasteiger partial charge in [-0.25, -0.2) is 4.98 Å². The van der Waals surface area contributed by atoms with Crippen LogP contribution in [0.1, 0.15) is 16.7 Å². The van der Waals surface area contributed by atoms with Crippen molar-refractivity contribution in [1.82, 2.24) is 4.98 Å². The van der Waals surface area contributed by atoms with Crippen LogP contribution in [0.5, 0.6) is 0 Å². The lowest BCUT2D eigenvalue weighted by molar-refractivity contribution is 1.11. The Labute approximate surface area is 105 Å². The summed E-state index contributed by atoms with van der Waals surface area (Å²) >= 11 is 0. The third-order valence-corrected chi connectivity index (χ3v) is 2.45. The van der Waals surface area contributed by atoms with Gasteiger partial charge < -0.3 is 5.32 Å². The third kappa shape index (κ3) is 2.84. The highest BCUT2D eigenvalue weighted by Crippen LogP contribution is 2.08. The Kier molecular flexibility index (Phi) is 3.53. The van der Waals surface area contributed by atoms with Crippen molar-refractivity contribution in [3.63, 3.8) is 0 Å². The van der Waals surface area contributed by atoms with E-state index in [1.165, 1.54) is 6.20 Å². The molecule has 0 bridgehead atoms. The molecule has 18 heavy (non-hydrogen) atoms. The molecule has 2 rings (SSSR count). The second-order valence-electron chi connectivity index (χ2n) is 3.71. The molecule has 0 spiro atoms. The van der Waals surface area contributed by atoms with Gasteiger partial charge in [-0.3, -0.25) is 0 Å². The van der Waals surface area contributed by atoms with Gasteiger partial charge in [0.25, 0.3) is 0 Å². The highest BCUT2D eigenvalue weighted by molar-refractivity contribution is 5.40. The minimum atomic E-state index is 0.541. The summed E-state index contributed by atoms with van der Waals surface area (Å²) in [6.45, 7) is 0.630. The van der Waals surface area contributed by atoms with Crippen LogP contribution < -0.4 is 5.32 Å². The molecule has 0 radical (unpaired) electrons. The van der Waals surface area contributed by atoms with Crippen molar-refractivity contribution in [3.8, 4) is 12.1 Å². The first-order chi connectivity index (χ1) is 8.81. The molecule has 0 amide bonds. The number of nitrogens with zero attached hydrogens (tertiary/aromatic N) is 3. The standard InChI is InChI=1S/C14H10N4/c15-7-11-1-3-12(4-2-11)9-17-14-6-5-13(8-16)10-18-14/h1-6,10H,9H2,(H,17,18). The molecule has 1 aromatic carbocycles. The number of hydrogen-bond donors (Lipinski definition) is 1. The Morgan fingerprint density at radius 2 is 1.61 bits per heavy atom. The predicted octanol–water partition coefficient (Wildman–Crippen LogP) is 2.44. The van der Waals surface area contributed by atoms with Crippen LogP contribution in [0.2, 0.25) is 0 Å². The Morgan fingerprint density at radius 1 is 0.944 bits per heavy atom. The first-order valence-electron chi connectivity index (χ1n) is 5.41. The van der Waals surface area contributed by atoms with E-state index < -0.39 is 0 Å². The zero-order valence-electron chi connectivity index (χ0n) is 9.59. The lowest BCUT2D eigenvalue weighted by atomic mass is 10.1. The van der Waals surface area contributed by atoms with E-state index in [9.17, 15) is 0 Å². The molecule has 1 N–H and O–H groups in total. The molecule has 1 heterocycles. The SMILES string of the molecule is N#Cc1ccc(CNc2ccc(C#N)cn2)cc1. The van der Waals surface area contributed by atoms with E-state index in [2.05, 4.69) is 16.4 Å². The van der Waals surface area contributed by atoms with Crippen molar-refractivity contribution >= 4 is 5.82 Å². The van der Waals surface area contributed by atoms with Crippen LogP contribution in [-0.2, 0) is 6.54 Å². The molecular weight excluding hydrogens is 224 g/mol. The highest BCUT2D eigenvalue weighted by atomic mass is 15.0. The second-order valence-corrected chi connectivity index (χ2v) is 3.71. The second kappa shape index (κ2) is 5.47. The van der Waals surface area contributed by atoms with Gasteiger partial charge in [0, 0.05) is 12.7 Å². The molecule has 1 aromatic heterocycles. The van der Waals surface area contributed by atoms with Crippen molar-refractivity contribution in [3.05, 3.63) is 59.3 Å². The first-order valence-corrected chi connectivity index (χ1v) is 5.41. The smallest absolute Gasteiger partial charge is 0.126 e. The van der Waals surface area contributed by atoms with Gasteiger partial charge in [0.05, 0.1) is 17.2 Å². The molecule has 4 heteroatoms. The molecule has 0 fully saturated rings. The summed E-state index contributed by atoms with van der Waals surface area (Å²) in [6.07, 6.45) is 1.53. The Bertz CT molecular complexity index is 543. The van der Waals surface area contributed by atoms with Gasteiger partial charge in [0.15, 0.2) is 0 Å². The van der Waals surface area contributed by atoms with E-state index >= 15 is 0 Å². The molecule has 0 saturated carbocycles. The Balaban J connectivity index is 1.98. The number of benzene rings is 1. The third-order valence-electron chi connectivity index (χ3n) is 2.45. The van der Waals surface area contributed by atoms with E-state index in [-0.39, 0.29) is 0 Å². The number of nitrogens with one attached hydrogen (secondary N) is 1. The fraction of sp³-hybridized carbons (Fsp3) is 0.0714. The van der Waals surface area contributed by atoms with Crippen molar-refractivity contribution in [1.29, 1.82) is 10.5 Å². The number of hydrogen-bond acceptors (Lipinski definition) is 4. The van der Waals surface area contributed by atoms with Gasteiger partial charge in [0.2, 0.25) is 0 Å². The summed E-state index contributed by atoms with van der Waals surface area (Å²) in [5, 5.41) is 20.5. The van der Waals surface area contributed by atoms with Crippen molar-refractivity contribution in [2.75, 3.05) is 5.32 Å². The van der Waals surface area contributed by atoms with Gasteiger partial charge in [-0.05, 0) is 29.8 Å². The van der Waals surface area contributed by atoms with Crippen LogP contribution in [0.25, 0.3) is 0 Å². The molecule has 2 aromatic rings. The maximum atomic E-state index is 8.68. The summed E-state index contributed by atoms with van der Waals surface area (Å²) in [5.74, 6) is 0.721. The first kappa shape index (κ1) is 11.6. The summed E-state index contributed by atoms with van der Waals surface area (Å²) < 4.78 is 0. The fourth-order valence-corrected chi connectivity index (χ4v) is 1.45. The van der Waals surface area contributed by atoms with Crippen LogP contribution in [0.15, 0.2) is 42.6 Å². The number of nitriles is 2. The lowest BCUT2D eigenvalue weighted by Crippen LogP contribution is -2.01. The number of aromatic nitrogens is 1. The predicted molar refractivity (Wildman–Crippen MR) is 67.4 cm³/mol. The molecule has 0 aliphatic rings. The van der Waals surface area contributed by atoms with Crippen molar-refractivity contribution in [2.24, 2.45) is 0 Å². The van der Waals surface area contributed by atoms with Gasteiger partial charge in [-0.1, -0.05) is 12.1 Å². The minimum absolute atomic E-state index is 0.541. The molecule has 4 nitrogen and oxygen atoms in total. The van der Waals surface area contributed by atoms with E-state index in [4.69, 9.17) is 10.5 Å². The number of anilines is 1. The number of rotatable bonds is 3. The largest absolute Gasteiger partial charge is 0.366 e. The molecule has 0 unspecified atom stereocenters. The summed E-state index contributed by atoms with van der Waals surface area (Å²) in [4.78, 5) is 4.11. The molecule has 0 aliphatic carbocycles. The average Bonchev–Trinajstić information content (AvgIpc) is 2.46. The highest BCUT2D eigenvalue weighted by Gasteiger charge is 1.96. The Hall–Kier alpha value is -2.85. The van der Waals surface area contributed by atoms with Crippen LogP contribution in [0, 0.1) is 22.7 Å². The number of pyridine rings is 1. The zero-order chi connectivity index (χ0) is 12.8. The molecule has 0 saturated heterocycles. The van der Waals surface area contributed by atoms with Gasteiger partial charge >= 0.3 is 0 Å². The molecule has 86 valence electrons. The van der Waals surface area contributed by atoms with Gasteiger partial charge in [0.1, 0.15) is 11.9 Å². The Morgan fingerprint density at radius 3 is 2.17 bits per heavy atom. The monoisotopic (exact) mass is 234 g/mol. The topological polar surface area (TPSA) is 72.5 Å². The average molecular weight is 234 g/mol. The molecule has 0 atom stereocenters. The lowest BCUT2D eigenvalue weighted by Gasteiger charge is -2.05. The van der Waals surface area contributed by atoms with Crippen molar-refractivity contribution < 1.29 is 0 Å². The van der Waals surface area contributed by atoms with Crippen LogP contribution in [-0.4, -0.2) is 4.98 Å². The van der Waals surface area contributed by atoms with E-state index in [1.807, 2.05) is 18.2 Å². The normalized spacial score (nSPS) is 9.22.